The molecule has 0 radical (unpaired) electrons. The Balaban J connectivity index is 1.48. The number of nitrogens with one attached hydrogen (secondary N) is 1. The first-order valence-corrected chi connectivity index (χ1v) is 13.6. The SMILES string of the molecule is O=S(=O)(N1CCCC1)N1Cc2ccccc2N(Cc2cnc[nH]2)[C@@H](CCC2CCCC2)C1. The van der Waals surface area contributed by atoms with Gasteiger partial charge in [-0.1, -0.05) is 43.9 Å². The molecule has 7 nitrogen and oxygen atoms in total. The number of hydrogen-bond acceptors (Lipinski definition) is 4. The fourth-order valence-corrected chi connectivity index (χ4v) is 7.42. The molecular formula is C24H35N5O2S. The number of aromatic amines is 1. The highest BCUT2D eigenvalue weighted by Gasteiger charge is 2.37. The molecule has 0 unspecified atom stereocenters. The van der Waals surface area contributed by atoms with E-state index < -0.39 is 10.2 Å². The van der Waals surface area contributed by atoms with Crippen LogP contribution >= 0.6 is 0 Å². The highest BCUT2D eigenvalue weighted by Crippen LogP contribution is 2.35. The molecule has 0 spiro atoms. The number of nitrogens with zero attached hydrogens (tertiary/aromatic N) is 4. The van der Waals surface area contributed by atoms with Gasteiger partial charge in [0.2, 0.25) is 0 Å². The molecule has 1 saturated carbocycles. The Morgan fingerprint density at radius 1 is 1.00 bits per heavy atom. The van der Waals surface area contributed by atoms with Gasteiger partial charge in [0.25, 0.3) is 10.2 Å². The average molecular weight is 458 g/mol. The summed E-state index contributed by atoms with van der Waals surface area (Å²) < 4.78 is 30.6. The Labute approximate surface area is 192 Å². The van der Waals surface area contributed by atoms with E-state index in [1.807, 2.05) is 12.3 Å². The monoisotopic (exact) mass is 457 g/mol. The van der Waals surface area contributed by atoms with Crippen molar-refractivity contribution in [3.63, 3.8) is 0 Å². The van der Waals surface area contributed by atoms with Gasteiger partial charge < -0.3 is 9.88 Å². The average Bonchev–Trinajstić information content (AvgIpc) is 3.57. The first-order valence-electron chi connectivity index (χ1n) is 12.2. The molecule has 2 aromatic rings. The smallest absolute Gasteiger partial charge is 0.282 e. The van der Waals surface area contributed by atoms with Crippen molar-refractivity contribution in [2.45, 2.75) is 70.5 Å². The van der Waals surface area contributed by atoms with Crippen LogP contribution < -0.4 is 4.90 Å². The van der Waals surface area contributed by atoms with Crippen molar-refractivity contribution in [2.24, 2.45) is 5.92 Å². The molecular weight excluding hydrogens is 422 g/mol. The minimum absolute atomic E-state index is 0.139. The molecule has 5 rings (SSSR count). The zero-order valence-electron chi connectivity index (χ0n) is 18.8. The quantitative estimate of drug-likeness (QED) is 0.684. The van der Waals surface area contributed by atoms with E-state index in [1.165, 1.54) is 32.1 Å². The largest absolute Gasteiger partial charge is 0.361 e. The van der Waals surface area contributed by atoms with Gasteiger partial charge in [-0.3, -0.25) is 0 Å². The number of hydrogen-bond donors (Lipinski definition) is 1. The lowest BCUT2D eigenvalue weighted by molar-refractivity contribution is 0.324. The summed E-state index contributed by atoms with van der Waals surface area (Å²) in [6, 6.07) is 8.46. The van der Waals surface area contributed by atoms with Crippen LogP contribution in [0, 0.1) is 5.92 Å². The summed E-state index contributed by atoms with van der Waals surface area (Å²) in [6.07, 6.45) is 13.0. The van der Waals surface area contributed by atoms with Crippen molar-refractivity contribution >= 4 is 15.9 Å². The van der Waals surface area contributed by atoms with Crippen molar-refractivity contribution in [1.82, 2.24) is 18.6 Å². The van der Waals surface area contributed by atoms with Gasteiger partial charge in [0.15, 0.2) is 0 Å². The van der Waals surface area contributed by atoms with Crippen LogP contribution in [0.1, 0.15) is 62.6 Å². The zero-order valence-corrected chi connectivity index (χ0v) is 19.6. The summed E-state index contributed by atoms with van der Waals surface area (Å²) in [7, 11) is -3.46. The van der Waals surface area contributed by atoms with Crippen LogP contribution in [0.4, 0.5) is 5.69 Å². The van der Waals surface area contributed by atoms with Crippen LogP contribution in [0.15, 0.2) is 36.8 Å². The molecule has 1 N–H and O–H groups in total. The van der Waals surface area contributed by atoms with Gasteiger partial charge in [-0.15, -0.1) is 0 Å². The molecule has 32 heavy (non-hydrogen) atoms. The summed E-state index contributed by atoms with van der Waals surface area (Å²) in [5.41, 5.74) is 3.29. The second-order valence-electron chi connectivity index (χ2n) is 9.62. The van der Waals surface area contributed by atoms with Crippen LogP contribution in [0.3, 0.4) is 0 Å². The Kier molecular flexibility index (Phi) is 6.53. The second kappa shape index (κ2) is 9.53. The molecule has 2 fully saturated rings. The van der Waals surface area contributed by atoms with Crippen LogP contribution in [0.25, 0.3) is 0 Å². The van der Waals surface area contributed by atoms with Gasteiger partial charge in [-0.05, 0) is 43.2 Å². The molecule has 1 aliphatic carbocycles. The fourth-order valence-electron chi connectivity index (χ4n) is 5.71. The number of H-pyrrole nitrogens is 1. The maximum Gasteiger partial charge on any atom is 0.282 e. The summed E-state index contributed by atoms with van der Waals surface area (Å²) in [6.45, 7) is 2.98. The topological polar surface area (TPSA) is 72.5 Å². The second-order valence-corrected chi connectivity index (χ2v) is 11.6. The van der Waals surface area contributed by atoms with Crippen LogP contribution in [-0.4, -0.2) is 52.7 Å². The third-order valence-electron chi connectivity index (χ3n) is 7.50. The lowest BCUT2D eigenvalue weighted by Gasteiger charge is -2.35. The molecule has 3 heterocycles. The van der Waals surface area contributed by atoms with E-state index in [2.05, 4.69) is 33.1 Å². The Hall–Kier alpha value is -1.90. The lowest BCUT2D eigenvalue weighted by Crippen LogP contribution is -2.47. The van der Waals surface area contributed by atoms with E-state index in [9.17, 15) is 8.42 Å². The van der Waals surface area contributed by atoms with Gasteiger partial charge in [0.05, 0.1) is 18.6 Å². The molecule has 1 aromatic heterocycles. The van der Waals surface area contributed by atoms with E-state index in [1.54, 1.807) is 14.9 Å². The van der Waals surface area contributed by atoms with Crippen LogP contribution in [0.5, 0.6) is 0 Å². The minimum atomic E-state index is -3.46. The standard InChI is InChI=1S/C24H35N5O2S/c30-32(31,27-13-5-6-14-27)28-16-21-9-3-4-10-24(21)29(17-22-15-25-19-26-22)23(18-28)12-11-20-7-1-2-8-20/h3-4,9-10,15,19-20,23H,1-2,5-8,11-14,16-18H2,(H,25,26)/t23-/m0/s1. The molecule has 1 aromatic carbocycles. The number of anilines is 1. The minimum Gasteiger partial charge on any atom is -0.361 e. The summed E-state index contributed by atoms with van der Waals surface area (Å²) in [4.78, 5) is 9.89. The van der Waals surface area contributed by atoms with E-state index >= 15 is 0 Å². The predicted molar refractivity (Wildman–Crippen MR) is 126 cm³/mol. The first kappa shape index (κ1) is 21.9. The van der Waals surface area contributed by atoms with E-state index in [0.717, 1.165) is 42.1 Å². The third-order valence-corrected chi connectivity index (χ3v) is 9.45. The van der Waals surface area contributed by atoms with E-state index in [0.29, 0.717) is 32.7 Å². The van der Waals surface area contributed by atoms with Crippen LogP contribution in [-0.2, 0) is 23.3 Å². The summed E-state index contributed by atoms with van der Waals surface area (Å²) in [5, 5.41) is 0. The molecule has 0 bridgehead atoms. The van der Waals surface area contributed by atoms with Gasteiger partial charge in [0, 0.05) is 44.1 Å². The summed E-state index contributed by atoms with van der Waals surface area (Å²) in [5.74, 6) is 0.783. The highest BCUT2D eigenvalue weighted by atomic mass is 32.2. The Morgan fingerprint density at radius 3 is 2.53 bits per heavy atom. The van der Waals surface area contributed by atoms with Crippen molar-refractivity contribution < 1.29 is 8.42 Å². The molecule has 0 amide bonds. The maximum atomic E-state index is 13.6. The van der Waals surface area contributed by atoms with Gasteiger partial charge in [-0.25, -0.2) is 4.98 Å². The Morgan fingerprint density at radius 2 is 1.78 bits per heavy atom. The van der Waals surface area contributed by atoms with Crippen molar-refractivity contribution in [2.75, 3.05) is 24.5 Å². The normalized spacial score (nSPS) is 23.5. The number of benzene rings is 1. The maximum absolute atomic E-state index is 13.6. The third kappa shape index (κ3) is 4.58. The molecule has 2 aliphatic heterocycles. The highest BCUT2D eigenvalue weighted by molar-refractivity contribution is 7.86. The zero-order chi connectivity index (χ0) is 22.0. The van der Waals surface area contributed by atoms with Gasteiger partial charge in [0.1, 0.15) is 0 Å². The number of rotatable bonds is 7. The molecule has 1 atom stereocenters. The van der Waals surface area contributed by atoms with E-state index in [-0.39, 0.29) is 6.04 Å². The molecule has 174 valence electrons. The number of imidazole rings is 1. The number of para-hydroxylation sites is 1. The predicted octanol–water partition coefficient (Wildman–Crippen LogP) is 3.91. The van der Waals surface area contributed by atoms with Crippen molar-refractivity contribution in [3.8, 4) is 0 Å². The van der Waals surface area contributed by atoms with E-state index in [4.69, 9.17) is 0 Å². The van der Waals surface area contributed by atoms with Crippen LogP contribution in [0.2, 0.25) is 0 Å². The molecule has 1 saturated heterocycles. The van der Waals surface area contributed by atoms with Crippen molar-refractivity contribution in [1.29, 1.82) is 0 Å². The van der Waals surface area contributed by atoms with Gasteiger partial charge in [-0.2, -0.15) is 17.0 Å². The number of fused-ring (bicyclic) bond motifs is 1. The molecule has 8 heteroatoms. The fraction of sp³-hybridized carbons (Fsp3) is 0.625. The van der Waals surface area contributed by atoms with Crippen molar-refractivity contribution in [3.05, 3.63) is 48.0 Å². The number of aromatic nitrogens is 2. The van der Waals surface area contributed by atoms with Gasteiger partial charge >= 0.3 is 0 Å². The Bertz CT molecular complexity index is 982. The first-order chi connectivity index (χ1) is 15.6. The summed E-state index contributed by atoms with van der Waals surface area (Å²) >= 11 is 0. The lowest BCUT2D eigenvalue weighted by atomic mass is 9.97. The molecule has 3 aliphatic rings.